The number of nitrogens with zero attached hydrogens (tertiary/aromatic N) is 5. The second-order valence-corrected chi connectivity index (χ2v) is 8.15. The van der Waals surface area contributed by atoms with Gasteiger partial charge < -0.3 is 16.4 Å². The van der Waals surface area contributed by atoms with E-state index in [0.29, 0.717) is 11.9 Å². The monoisotopic (exact) mass is 448 g/mol. The lowest BCUT2D eigenvalue weighted by molar-refractivity contribution is 0.492. The van der Waals surface area contributed by atoms with Crippen LogP contribution in [0, 0.1) is 0 Å². The lowest BCUT2D eigenvalue weighted by atomic mass is 10.0. The molecule has 152 valence electrons. The highest BCUT2D eigenvalue weighted by atomic mass is 79.9. The van der Waals surface area contributed by atoms with Crippen molar-refractivity contribution in [3.05, 3.63) is 28.8 Å². The van der Waals surface area contributed by atoms with Crippen molar-refractivity contribution in [2.45, 2.75) is 39.2 Å². The van der Waals surface area contributed by atoms with Crippen LogP contribution in [0.3, 0.4) is 0 Å². The number of nitrogens with two attached hydrogens (primary N) is 1. The third-order valence-corrected chi connectivity index (χ3v) is 5.45. The van der Waals surface area contributed by atoms with Crippen LogP contribution < -0.4 is 16.4 Å². The molecule has 0 aliphatic heterocycles. The average molecular weight is 449 g/mol. The molecule has 0 spiro atoms. The van der Waals surface area contributed by atoms with Gasteiger partial charge in [-0.05, 0) is 28.9 Å². The van der Waals surface area contributed by atoms with Crippen LogP contribution in [0.15, 0.2) is 23.1 Å². The zero-order chi connectivity index (χ0) is 20.3. The van der Waals surface area contributed by atoms with Gasteiger partial charge in [0.1, 0.15) is 5.82 Å². The van der Waals surface area contributed by atoms with E-state index in [1.54, 1.807) is 15.4 Å². The number of fused-ring (bicyclic) bond motifs is 1. The Balaban J connectivity index is 2.05. The number of hydrogen-bond donors (Lipinski definition) is 3. The molecule has 1 unspecified atom stereocenters. The summed E-state index contributed by atoms with van der Waals surface area (Å²) < 4.78 is 4.25. The Morgan fingerprint density at radius 2 is 2.00 bits per heavy atom. The normalized spacial score (nSPS) is 12.9. The molecular weight excluding hydrogens is 420 g/mol. The van der Waals surface area contributed by atoms with Crippen LogP contribution in [0.5, 0.6) is 0 Å². The van der Waals surface area contributed by atoms with Gasteiger partial charge in [-0.2, -0.15) is 14.7 Å². The zero-order valence-electron chi connectivity index (χ0n) is 16.9. The Morgan fingerprint density at radius 1 is 1.21 bits per heavy atom. The Bertz CT molecular complexity index is 930. The van der Waals surface area contributed by atoms with Crippen molar-refractivity contribution in [2.75, 3.05) is 25.4 Å². The van der Waals surface area contributed by atoms with Crippen LogP contribution in [0.25, 0.3) is 16.8 Å². The summed E-state index contributed by atoms with van der Waals surface area (Å²) in [6, 6.07) is 0.398. The molecule has 8 nitrogen and oxygen atoms in total. The Hall–Kier alpha value is -1.97. The van der Waals surface area contributed by atoms with Crippen LogP contribution in [0.1, 0.15) is 38.8 Å². The van der Waals surface area contributed by atoms with Crippen molar-refractivity contribution >= 4 is 27.4 Å². The topological polar surface area (TPSA) is 98.1 Å². The van der Waals surface area contributed by atoms with E-state index in [1.807, 2.05) is 19.4 Å². The Morgan fingerprint density at radius 3 is 2.64 bits per heavy atom. The molecule has 0 aromatic carbocycles. The van der Waals surface area contributed by atoms with Gasteiger partial charge in [-0.1, -0.05) is 20.8 Å². The molecule has 3 aromatic heterocycles. The van der Waals surface area contributed by atoms with Gasteiger partial charge in [-0.25, -0.2) is 4.98 Å². The maximum atomic E-state index is 6.42. The fourth-order valence-corrected chi connectivity index (χ4v) is 3.72. The number of anilines is 1. The molecule has 1 atom stereocenters. The fraction of sp³-hybridized carbons (Fsp3) is 0.526. The highest BCUT2D eigenvalue weighted by molar-refractivity contribution is 9.10. The first-order valence-corrected chi connectivity index (χ1v) is 10.5. The molecule has 0 saturated heterocycles. The maximum absolute atomic E-state index is 6.42. The molecule has 0 fully saturated rings. The average Bonchev–Trinajstić information content (AvgIpc) is 3.27. The van der Waals surface area contributed by atoms with E-state index in [2.05, 4.69) is 57.5 Å². The van der Waals surface area contributed by atoms with E-state index >= 15 is 0 Å². The number of nitrogen functional groups attached to an aromatic ring is 1. The summed E-state index contributed by atoms with van der Waals surface area (Å²) in [5.41, 5.74) is 9.99. The summed E-state index contributed by atoms with van der Waals surface area (Å²) in [6.07, 6.45) is 6.66. The standard InChI is InChI=1S/C19H29BrN8/c1-5-6-22-7-13(8-23-12(2)3)17-16(20)18(21)28-19(26-17)15(10-25-28)14-9-24-27(4)11-14/h9-13,22-23H,5-8,21H2,1-4H3. The number of hydrogen-bond acceptors (Lipinski definition) is 6. The first-order chi connectivity index (χ1) is 13.4. The van der Waals surface area contributed by atoms with Crippen LogP contribution >= 0.6 is 15.9 Å². The van der Waals surface area contributed by atoms with Gasteiger partial charge in [0.15, 0.2) is 5.65 Å². The lowest BCUT2D eigenvalue weighted by Crippen LogP contribution is -2.34. The van der Waals surface area contributed by atoms with Crippen molar-refractivity contribution < 1.29 is 0 Å². The minimum Gasteiger partial charge on any atom is -0.383 e. The molecule has 3 heterocycles. The molecule has 9 heteroatoms. The molecule has 0 radical (unpaired) electrons. The number of aryl methyl sites for hydroxylation is 1. The number of aromatic nitrogens is 5. The van der Waals surface area contributed by atoms with Gasteiger partial charge >= 0.3 is 0 Å². The first kappa shape index (κ1) is 20.8. The predicted molar refractivity (Wildman–Crippen MR) is 116 cm³/mol. The van der Waals surface area contributed by atoms with E-state index in [0.717, 1.165) is 53.0 Å². The SMILES string of the molecule is CCCNCC(CNC(C)C)c1nc2c(-c3cnn(C)c3)cnn2c(N)c1Br. The van der Waals surface area contributed by atoms with Gasteiger partial charge in [-0.3, -0.25) is 4.68 Å². The highest BCUT2D eigenvalue weighted by Gasteiger charge is 2.22. The van der Waals surface area contributed by atoms with E-state index in [4.69, 9.17) is 10.7 Å². The molecule has 0 saturated carbocycles. The number of rotatable bonds is 9. The lowest BCUT2D eigenvalue weighted by Gasteiger charge is -2.21. The van der Waals surface area contributed by atoms with Crippen LogP contribution in [-0.2, 0) is 7.05 Å². The van der Waals surface area contributed by atoms with Crippen molar-refractivity contribution in [3.8, 4) is 11.1 Å². The van der Waals surface area contributed by atoms with E-state index in [-0.39, 0.29) is 5.92 Å². The summed E-state index contributed by atoms with van der Waals surface area (Å²) in [7, 11) is 1.89. The van der Waals surface area contributed by atoms with Gasteiger partial charge in [-0.15, -0.1) is 0 Å². The molecule has 3 rings (SSSR count). The first-order valence-electron chi connectivity index (χ1n) is 9.68. The smallest absolute Gasteiger partial charge is 0.165 e. The van der Waals surface area contributed by atoms with Crippen molar-refractivity contribution in [3.63, 3.8) is 0 Å². The molecule has 0 aliphatic rings. The molecule has 0 aliphatic carbocycles. The van der Waals surface area contributed by atoms with E-state index < -0.39 is 0 Å². The second-order valence-electron chi connectivity index (χ2n) is 7.36. The molecular formula is C19H29BrN8. The fourth-order valence-electron chi connectivity index (χ4n) is 3.14. The molecule has 0 amide bonds. The minimum atomic E-state index is 0.173. The molecule has 3 aromatic rings. The van der Waals surface area contributed by atoms with E-state index in [1.165, 1.54) is 0 Å². The highest BCUT2D eigenvalue weighted by Crippen LogP contribution is 2.32. The summed E-state index contributed by atoms with van der Waals surface area (Å²) in [5, 5.41) is 15.8. The summed E-state index contributed by atoms with van der Waals surface area (Å²) in [4.78, 5) is 4.99. The summed E-state index contributed by atoms with van der Waals surface area (Å²) in [6.45, 7) is 9.07. The van der Waals surface area contributed by atoms with Crippen molar-refractivity contribution in [2.24, 2.45) is 7.05 Å². The largest absolute Gasteiger partial charge is 0.383 e. The van der Waals surface area contributed by atoms with Gasteiger partial charge in [0.05, 0.1) is 22.6 Å². The molecule has 0 bridgehead atoms. The third-order valence-electron chi connectivity index (χ3n) is 4.64. The van der Waals surface area contributed by atoms with Gasteiger partial charge in [0.2, 0.25) is 0 Å². The minimum absolute atomic E-state index is 0.173. The quantitative estimate of drug-likeness (QED) is 0.435. The Kier molecular flexibility index (Phi) is 6.69. The zero-order valence-corrected chi connectivity index (χ0v) is 18.5. The van der Waals surface area contributed by atoms with Gasteiger partial charge in [0.25, 0.3) is 0 Å². The summed E-state index contributed by atoms with van der Waals surface area (Å²) >= 11 is 3.67. The Labute approximate surface area is 174 Å². The van der Waals surface area contributed by atoms with Crippen molar-refractivity contribution in [1.29, 1.82) is 0 Å². The van der Waals surface area contributed by atoms with Crippen LogP contribution in [0.4, 0.5) is 5.82 Å². The van der Waals surface area contributed by atoms with Gasteiger partial charge in [0, 0.05) is 49.4 Å². The number of nitrogens with one attached hydrogen (secondary N) is 2. The molecule has 4 N–H and O–H groups in total. The second kappa shape index (κ2) is 9.02. The summed E-state index contributed by atoms with van der Waals surface area (Å²) in [5.74, 6) is 0.729. The van der Waals surface area contributed by atoms with Crippen LogP contribution in [-0.4, -0.2) is 50.1 Å². The predicted octanol–water partition coefficient (Wildman–Crippen LogP) is 2.56. The maximum Gasteiger partial charge on any atom is 0.165 e. The van der Waals surface area contributed by atoms with Crippen molar-refractivity contribution in [1.82, 2.24) is 35.0 Å². The number of halogens is 1. The third kappa shape index (κ3) is 4.37. The van der Waals surface area contributed by atoms with E-state index in [9.17, 15) is 0 Å². The van der Waals surface area contributed by atoms with Crippen LogP contribution in [0.2, 0.25) is 0 Å². The molecule has 28 heavy (non-hydrogen) atoms.